The fourth-order valence-corrected chi connectivity index (χ4v) is 4.98. The van der Waals surface area contributed by atoms with E-state index in [1.807, 2.05) is 60.9 Å². The first-order chi connectivity index (χ1) is 14.3. The van der Waals surface area contributed by atoms with Gasteiger partial charge in [0.25, 0.3) is 5.91 Å². The highest BCUT2D eigenvalue weighted by molar-refractivity contribution is 9.10. The molecule has 0 fully saturated rings. The van der Waals surface area contributed by atoms with Crippen LogP contribution in [0.3, 0.4) is 0 Å². The van der Waals surface area contributed by atoms with Gasteiger partial charge in [0.2, 0.25) is 0 Å². The molecule has 0 saturated carbocycles. The summed E-state index contributed by atoms with van der Waals surface area (Å²) in [5.41, 5.74) is 3.88. The molecule has 0 radical (unpaired) electrons. The SMILES string of the molecule is COC[C@H](C)n1c(Br)nc2c1C(c1ccc(Cl)cc1)N(c1cc(Cl)ccc1C)C2=O. The van der Waals surface area contributed by atoms with Gasteiger partial charge in [0, 0.05) is 22.8 Å². The number of hydrogen-bond donors (Lipinski definition) is 0. The van der Waals surface area contributed by atoms with Gasteiger partial charge in [-0.3, -0.25) is 9.69 Å². The van der Waals surface area contributed by atoms with Crippen molar-refractivity contribution >= 4 is 50.7 Å². The molecule has 30 heavy (non-hydrogen) atoms. The van der Waals surface area contributed by atoms with Gasteiger partial charge < -0.3 is 9.30 Å². The van der Waals surface area contributed by atoms with Gasteiger partial charge in [-0.05, 0) is 65.2 Å². The van der Waals surface area contributed by atoms with Gasteiger partial charge in [-0.2, -0.15) is 0 Å². The van der Waals surface area contributed by atoms with Crippen LogP contribution in [-0.2, 0) is 4.74 Å². The minimum absolute atomic E-state index is 0.0244. The van der Waals surface area contributed by atoms with E-state index in [9.17, 15) is 4.79 Å². The highest BCUT2D eigenvalue weighted by atomic mass is 79.9. The van der Waals surface area contributed by atoms with E-state index >= 15 is 0 Å². The number of fused-ring (bicyclic) bond motifs is 1. The van der Waals surface area contributed by atoms with Crippen molar-refractivity contribution in [3.63, 3.8) is 0 Å². The van der Waals surface area contributed by atoms with Crippen molar-refractivity contribution < 1.29 is 9.53 Å². The fraction of sp³-hybridized carbons (Fsp3) is 0.273. The average molecular weight is 509 g/mol. The molecule has 1 aromatic heterocycles. The van der Waals surface area contributed by atoms with E-state index in [2.05, 4.69) is 20.9 Å². The lowest BCUT2D eigenvalue weighted by Crippen LogP contribution is -2.31. The van der Waals surface area contributed by atoms with E-state index in [-0.39, 0.29) is 18.0 Å². The summed E-state index contributed by atoms with van der Waals surface area (Å²) in [5, 5.41) is 1.20. The van der Waals surface area contributed by atoms with Crippen LogP contribution in [0.25, 0.3) is 0 Å². The van der Waals surface area contributed by atoms with Crippen molar-refractivity contribution in [1.82, 2.24) is 9.55 Å². The Bertz CT molecular complexity index is 1110. The van der Waals surface area contributed by atoms with Crippen LogP contribution in [0, 0.1) is 6.92 Å². The van der Waals surface area contributed by atoms with Gasteiger partial charge in [0.15, 0.2) is 10.4 Å². The summed E-state index contributed by atoms with van der Waals surface area (Å²) in [6.45, 7) is 4.48. The summed E-state index contributed by atoms with van der Waals surface area (Å²) < 4.78 is 8.00. The number of carbonyl (C=O) groups excluding carboxylic acids is 1. The molecule has 156 valence electrons. The van der Waals surface area contributed by atoms with Crippen LogP contribution in [-0.4, -0.2) is 29.2 Å². The summed E-state index contributed by atoms with van der Waals surface area (Å²) in [5.74, 6) is -0.167. The van der Waals surface area contributed by atoms with E-state index in [0.717, 1.165) is 22.5 Å². The number of imidazole rings is 1. The zero-order valence-electron chi connectivity index (χ0n) is 16.7. The maximum atomic E-state index is 13.6. The Kier molecular flexibility index (Phi) is 5.95. The van der Waals surface area contributed by atoms with Crippen LogP contribution in [0.15, 0.2) is 47.2 Å². The van der Waals surface area contributed by atoms with E-state index < -0.39 is 0 Å². The molecule has 0 bridgehead atoms. The number of methoxy groups -OCH3 is 1. The minimum Gasteiger partial charge on any atom is -0.383 e. The first kappa shape index (κ1) is 21.4. The van der Waals surface area contributed by atoms with Crippen molar-refractivity contribution in [3.05, 3.63) is 79.8 Å². The average Bonchev–Trinajstić information content (AvgIpc) is 3.18. The molecule has 1 aliphatic heterocycles. The Hall–Kier alpha value is -1.86. The van der Waals surface area contributed by atoms with Gasteiger partial charge in [0.1, 0.15) is 6.04 Å². The second-order valence-corrected chi connectivity index (χ2v) is 8.93. The molecule has 8 heteroatoms. The quantitative estimate of drug-likeness (QED) is 0.411. The Labute approximate surface area is 193 Å². The molecule has 1 unspecified atom stereocenters. The van der Waals surface area contributed by atoms with Crippen molar-refractivity contribution in [1.29, 1.82) is 0 Å². The molecule has 2 atom stereocenters. The van der Waals surface area contributed by atoms with Gasteiger partial charge in [0.05, 0.1) is 18.3 Å². The molecule has 0 aliphatic carbocycles. The minimum atomic E-state index is -0.375. The molecule has 2 heterocycles. The van der Waals surface area contributed by atoms with Crippen LogP contribution in [0.4, 0.5) is 5.69 Å². The maximum Gasteiger partial charge on any atom is 0.279 e. The zero-order valence-corrected chi connectivity index (χ0v) is 19.8. The van der Waals surface area contributed by atoms with Crippen LogP contribution in [0.2, 0.25) is 10.0 Å². The van der Waals surface area contributed by atoms with E-state index in [1.54, 1.807) is 12.0 Å². The number of nitrogens with zero attached hydrogens (tertiary/aromatic N) is 3. The molecule has 4 rings (SSSR count). The standard InChI is InChI=1S/C22H20BrCl2N3O2/c1-12-4-7-16(25)10-17(12)28-19(14-5-8-15(24)9-6-14)20-18(21(28)29)26-22(23)27(20)13(2)11-30-3/h4-10,13,19H,11H2,1-3H3/t13-,19?/m0/s1. The number of halogens is 3. The van der Waals surface area contributed by atoms with Crippen molar-refractivity contribution in [2.45, 2.75) is 25.9 Å². The second-order valence-electron chi connectivity index (χ2n) is 7.35. The molecule has 5 nitrogen and oxygen atoms in total. The molecular formula is C22H20BrCl2N3O2. The highest BCUT2D eigenvalue weighted by Crippen LogP contribution is 2.45. The number of aryl methyl sites for hydroxylation is 1. The number of anilines is 1. The Morgan fingerprint density at radius 1 is 1.17 bits per heavy atom. The number of rotatable bonds is 5. The predicted molar refractivity (Wildman–Crippen MR) is 123 cm³/mol. The van der Waals surface area contributed by atoms with E-state index in [1.165, 1.54) is 0 Å². The van der Waals surface area contributed by atoms with Gasteiger partial charge in [-0.1, -0.05) is 41.4 Å². The third-order valence-electron chi connectivity index (χ3n) is 5.31. The lowest BCUT2D eigenvalue weighted by Gasteiger charge is -2.29. The lowest BCUT2D eigenvalue weighted by atomic mass is 10.0. The van der Waals surface area contributed by atoms with Crippen molar-refractivity contribution in [3.8, 4) is 0 Å². The van der Waals surface area contributed by atoms with Crippen molar-refractivity contribution in [2.75, 3.05) is 18.6 Å². The molecule has 0 N–H and O–H groups in total. The Morgan fingerprint density at radius 3 is 2.50 bits per heavy atom. The third-order valence-corrected chi connectivity index (χ3v) is 6.36. The van der Waals surface area contributed by atoms with Gasteiger partial charge in [-0.15, -0.1) is 0 Å². The lowest BCUT2D eigenvalue weighted by molar-refractivity contribution is 0.0989. The normalized spacial score (nSPS) is 16.8. The number of benzene rings is 2. The first-order valence-corrected chi connectivity index (χ1v) is 11.0. The number of ether oxygens (including phenoxy) is 1. The number of hydrogen-bond acceptors (Lipinski definition) is 3. The molecule has 0 spiro atoms. The fourth-order valence-electron chi connectivity index (χ4n) is 3.97. The van der Waals surface area contributed by atoms with Crippen molar-refractivity contribution in [2.24, 2.45) is 0 Å². The number of aromatic nitrogens is 2. The molecule has 0 saturated heterocycles. The van der Waals surface area contributed by atoms with Gasteiger partial charge in [-0.25, -0.2) is 4.98 Å². The van der Waals surface area contributed by atoms with E-state index in [0.29, 0.717) is 27.1 Å². The first-order valence-electron chi connectivity index (χ1n) is 9.45. The Balaban J connectivity index is 1.96. The molecular weight excluding hydrogens is 489 g/mol. The summed E-state index contributed by atoms with van der Waals surface area (Å²) >= 11 is 16.0. The largest absolute Gasteiger partial charge is 0.383 e. The summed E-state index contributed by atoms with van der Waals surface area (Å²) in [4.78, 5) is 19.9. The van der Waals surface area contributed by atoms with E-state index in [4.69, 9.17) is 27.9 Å². The van der Waals surface area contributed by atoms with Crippen LogP contribution < -0.4 is 4.90 Å². The number of carbonyl (C=O) groups is 1. The highest BCUT2D eigenvalue weighted by Gasteiger charge is 2.45. The second kappa shape index (κ2) is 8.35. The Morgan fingerprint density at radius 2 is 1.83 bits per heavy atom. The monoisotopic (exact) mass is 507 g/mol. The summed E-state index contributed by atoms with van der Waals surface area (Å²) in [6.07, 6.45) is 0. The third kappa shape index (κ3) is 3.56. The molecule has 2 aromatic carbocycles. The predicted octanol–water partition coefficient (Wildman–Crippen LogP) is 6.22. The summed E-state index contributed by atoms with van der Waals surface area (Å²) in [6, 6.07) is 12.7. The van der Waals surface area contributed by atoms with Crippen LogP contribution in [0.1, 0.15) is 46.3 Å². The van der Waals surface area contributed by atoms with Crippen LogP contribution in [0.5, 0.6) is 0 Å². The van der Waals surface area contributed by atoms with Gasteiger partial charge >= 0.3 is 0 Å². The maximum absolute atomic E-state index is 13.6. The topological polar surface area (TPSA) is 47.4 Å². The zero-order chi connectivity index (χ0) is 21.6. The smallest absolute Gasteiger partial charge is 0.279 e. The number of amides is 1. The molecule has 1 aliphatic rings. The molecule has 3 aromatic rings. The molecule has 1 amide bonds. The van der Waals surface area contributed by atoms with Crippen LogP contribution >= 0.6 is 39.1 Å². The summed E-state index contributed by atoms with van der Waals surface area (Å²) in [7, 11) is 1.66.